The van der Waals surface area contributed by atoms with Gasteiger partial charge < -0.3 is 10.2 Å². The maximum atomic E-state index is 15.7. The number of carbonyl (C=O) groups is 2. The summed E-state index contributed by atoms with van der Waals surface area (Å²) in [5.41, 5.74) is -0.928. The summed E-state index contributed by atoms with van der Waals surface area (Å²) in [5, 5.41) is 3.79. The average molecular weight is 596 g/mol. The molecule has 2 saturated heterocycles. The first kappa shape index (κ1) is 31.3. The second-order valence-electron chi connectivity index (χ2n) is 10.6. The number of alkyl halides is 4. The van der Waals surface area contributed by atoms with Crippen molar-refractivity contribution in [1.82, 2.24) is 15.1 Å². The number of nitrogens with one attached hydrogen (secondary N) is 1. The van der Waals surface area contributed by atoms with Gasteiger partial charge in [-0.3, -0.25) is 14.5 Å². The van der Waals surface area contributed by atoms with Crippen LogP contribution >= 0.6 is 11.6 Å². The Morgan fingerprint density at radius 1 is 1.23 bits per heavy atom. The number of amides is 2. The van der Waals surface area contributed by atoms with Crippen LogP contribution in [0.25, 0.3) is 0 Å². The highest BCUT2D eigenvalue weighted by Gasteiger charge is 2.46. The zero-order valence-corrected chi connectivity index (χ0v) is 23.7. The van der Waals surface area contributed by atoms with Gasteiger partial charge in [-0.15, -0.1) is 0 Å². The number of aryl methyl sites for hydroxylation is 1. The van der Waals surface area contributed by atoms with Crippen molar-refractivity contribution in [2.75, 3.05) is 39.0 Å². The lowest BCUT2D eigenvalue weighted by Gasteiger charge is -2.28. The molecule has 0 unspecified atom stereocenters. The summed E-state index contributed by atoms with van der Waals surface area (Å²) in [6.07, 6.45) is -2.46. The summed E-state index contributed by atoms with van der Waals surface area (Å²) < 4.78 is 77.9. The van der Waals surface area contributed by atoms with Crippen molar-refractivity contribution in [3.8, 4) is 0 Å². The summed E-state index contributed by atoms with van der Waals surface area (Å²) in [6, 6.07) is 4.51. The van der Waals surface area contributed by atoms with Gasteiger partial charge in [0.15, 0.2) is 15.5 Å². The number of rotatable bonds is 7. The molecule has 13 heteroatoms. The van der Waals surface area contributed by atoms with Crippen LogP contribution in [0.3, 0.4) is 0 Å². The fraction of sp³-hybridized carbons (Fsp3) is 0.615. The van der Waals surface area contributed by atoms with Crippen molar-refractivity contribution in [2.24, 2.45) is 5.92 Å². The molecule has 1 N–H and O–H groups in total. The number of sulfone groups is 1. The smallest absolute Gasteiger partial charge is 0.347 e. The van der Waals surface area contributed by atoms with Crippen molar-refractivity contribution in [3.63, 3.8) is 0 Å². The van der Waals surface area contributed by atoms with Crippen molar-refractivity contribution in [1.29, 1.82) is 0 Å². The van der Waals surface area contributed by atoms with Gasteiger partial charge in [-0.25, -0.2) is 12.8 Å². The topological polar surface area (TPSA) is 86.8 Å². The maximum absolute atomic E-state index is 15.7. The molecule has 39 heavy (non-hydrogen) atoms. The van der Waals surface area contributed by atoms with Crippen molar-refractivity contribution in [3.05, 3.63) is 45.8 Å². The fourth-order valence-electron chi connectivity index (χ4n) is 5.22. The normalized spacial score (nSPS) is 26.0. The highest BCUT2D eigenvalue weighted by molar-refractivity contribution is 7.93. The monoisotopic (exact) mass is 595 g/mol. The molecule has 0 saturated carbocycles. The van der Waals surface area contributed by atoms with E-state index in [1.807, 2.05) is 0 Å². The Morgan fingerprint density at radius 2 is 1.92 bits per heavy atom. The first-order valence-electron chi connectivity index (χ1n) is 12.7. The van der Waals surface area contributed by atoms with Gasteiger partial charge in [-0.1, -0.05) is 35.9 Å². The largest absolute Gasteiger partial charge is 0.401 e. The minimum absolute atomic E-state index is 0.00126. The van der Waals surface area contributed by atoms with Crippen LogP contribution in [0.15, 0.2) is 29.7 Å². The third-order valence-electron chi connectivity index (χ3n) is 7.21. The van der Waals surface area contributed by atoms with Gasteiger partial charge in [0.1, 0.15) is 0 Å². The molecule has 1 aromatic carbocycles. The van der Waals surface area contributed by atoms with E-state index in [2.05, 4.69) is 5.32 Å². The Balaban J connectivity index is 1.75. The molecule has 0 radical (unpaired) electrons. The van der Waals surface area contributed by atoms with Gasteiger partial charge >= 0.3 is 6.18 Å². The standard InChI is InChI=1S/C26H34ClF4N3O4S/c1-17-6-4-7-19(22(17)27)20-14-33(16-26(29,30)31)15-21(20)23(35)34-11-5-9-25(28,10-12-34)24(36)32-18(2)8-13-39(3,37)38/h4,6-8,13,18,20-21H,5,9-12,14-16H2,1-3H3,(H,32,36)/b13-8-/t18-,20+,21+,25-/m1/s1. The van der Waals surface area contributed by atoms with Crippen LogP contribution in [-0.4, -0.2) is 86.9 Å². The molecule has 1 aromatic rings. The minimum atomic E-state index is -4.43. The molecule has 2 aliphatic rings. The van der Waals surface area contributed by atoms with E-state index >= 15 is 4.39 Å². The number of carbonyl (C=O) groups excluding carboxylic acids is 2. The van der Waals surface area contributed by atoms with Gasteiger partial charge in [0.25, 0.3) is 5.91 Å². The van der Waals surface area contributed by atoms with E-state index in [1.165, 1.54) is 22.8 Å². The number of hydrogen-bond donors (Lipinski definition) is 1. The van der Waals surface area contributed by atoms with Crippen LogP contribution in [0.1, 0.15) is 43.2 Å². The summed E-state index contributed by atoms with van der Waals surface area (Å²) in [4.78, 5) is 29.0. The van der Waals surface area contributed by atoms with Gasteiger partial charge in [0.05, 0.1) is 12.5 Å². The highest BCUT2D eigenvalue weighted by atomic mass is 35.5. The zero-order chi connectivity index (χ0) is 29.2. The van der Waals surface area contributed by atoms with Crippen molar-refractivity contribution < 1.29 is 35.6 Å². The lowest BCUT2D eigenvalue weighted by atomic mass is 9.87. The van der Waals surface area contributed by atoms with Crippen LogP contribution in [0.5, 0.6) is 0 Å². The summed E-state index contributed by atoms with van der Waals surface area (Å²) in [5.74, 6) is -2.68. The predicted octanol–water partition coefficient (Wildman–Crippen LogP) is 4.01. The van der Waals surface area contributed by atoms with E-state index in [9.17, 15) is 31.2 Å². The van der Waals surface area contributed by atoms with Crippen LogP contribution in [0.4, 0.5) is 17.6 Å². The third-order valence-corrected chi connectivity index (χ3v) is 8.38. The molecular formula is C26H34ClF4N3O4S. The first-order valence-corrected chi connectivity index (χ1v) is 15.0. The van der Waals surface area contributed by atoms with E-state index < -0.39 is 57.9 Å². The molecule has 4 atom stereocenters. The Hall–Kier alpha value is -2.18. The van der Waals surface area contributed by atoms with Crippen LogP contribution in [0, 0.1) is 12.8 Å². The number of benzene rings is 1. The number of likely N-dealkylation sites (tertiary alicyclic amines) is 2. The van der Waals surface area contributed by atoms with Crippen molar-refractivity contribution >= 4 is 33.3 Å². The van der Waals surface area contributed by atoms with E-state index in [0.717, 1.165) is 17.2 Å². The first-order chi connectivity index (χ1) is 18.0. The third kappa shape index (κ3) is 8.40. The maximum Gasteiger partial charge on any atom is 0.401 e. The lowest BCUT2D eigenvalue weighted by Crippen LogP contribution is -2.47. The summed E-state index contributed by atoms with van der Waals surface area (Å²) in [7, 11) is -3.41. The second kappa shape index (κ2) is 12.1. The SMILES string of the molecule is Cc1cccc([C@@H]2CN(CC(F)(F)F)C[C@@H]2C(=O)N2CCC[C@](F)(C(=O)N[C@H](C)/C=C\S(C)(=O)=O)CC2)c1Cl. The van der Waals surface area contributed by atoms with E-state index in [0.29, 0.717) is 10.6 Å². The van der Waals surface area contributed by atoms with E-state index in [1.54, 1.807) is 25.1 Å². The van der Waals surface area contributed by atoms with E-state index in [4.69, 9.17) is 11.6 Å². The van der Waals surface area contributed by atoms with Gasteiger partial charge in [0, 0.05) is 61.2 Å². The average Bonchev–Trinajstić information content (AvgIpc) is 3.10. The molecule has 0 aromatic heterocycles. The van der Waals surface area contributed by atoms with Gasteiger partial charge in [-0.2, -0.15) is 13.2 Å². The summed E-state index contributed by atoms with van der Waals surface area (Å²) >= 11 is 6.50. The van der Waals surface area contributed by atoms with Crippen LogP contribution in [-0.2, 0) is 19.4 Å². The zero-order valence-electron chi connectivity index (χ0n) is 22.1. The van der Waals surface area contributed by atoms with E-state index in [-0.39, 0.29) is 45.4 Å². The Bertz CT molecular complexity index is 1210. The van der Waals surface area contributed by atoms with Crippen LogP contribution in [0.2, 0.25) is 5.02 Å². The quantitative estimate of drug-likeness (QED) is 0.482. The molecule has 2 fully saturated rings. The molecule has 2 heterocycles. The number of halogens is 5. The molecule has 0 spiro atoms. The lowest BCUT2D eigenvalue weighted by molar-refractivity contribution is -0.146. The number of nitrogens with zero attached hydrogens (tertiary/aromatic N) is 2. The van der Waals surface area contributed by atoms with Crippen molar-refractivity contribution in [2.45, 2.75) is 56.9 Å². The molecule has 3 rings (SSSR count). The molecule has 2 amide bonds. The molecule has 7 nitrogen and oxygen atoms in total. The Kier molecular flexibility index (Phi) is 9.76. The van der Waals surface area contributed by atoms with Gasteiger partial charge in [-0.05, 0) is 37.8 Å². The number of hydrogen-bond acceptors (Lipinski definition) is 5. The Labute approximate surface area is 231 Å². The van der Waals surface area contributed by atoms with Crippen LogP contribution < -0.4 is 5.32 Å². The summed E-state index contributed by atoms with van der Waals surface area (Å²) in [6.45, 7) is 2.10. The predicted molar refractivity (Wildman–Crippen MR) is 141 cm³/mol. The Morgan fingerprint density at radius 3 is 2.56 bits per heavy atom. The minimum Gasteiger partial charge on any atom is -0.347 e. The highest BCUT2D eigenvalue weighted by Crippen LogP contribution is 2.40. The second-order valence-corrected chi connectivity index (χ2v) is 12.9. The molecule has 0 bridgehead atoms. The molecule has 218 valence electrons. The molecule has 0 aliphatic carbocycles. The fourth-order valence-corrected chi connectivity index (χ4v) is 6.00. The van der Waals surface area contributed by atoms with Gasteiger partial charge in [0.2, 0.25) is 5.91 Å². The molecule has 2 aliphatic heterocycles. The molecular weight excluding hydrogens is 562 g/mol.